The van der Waals surface area contributed by atoms with Gasteiger partial charge in [-0.1, -0.05) is 23.5 Å². The molecule has 1 aromatic heterocycles. The number of nitrogens with zero attached hydrogens (tertiary/aromatic N) is 1. The van der Waals surface area contributed by atoms with Crippen molar-refractivity contribution in [3.63, 3.8) is 0 Å². The molecule has 0 saturated carbocycles. The molecule has 0 spiro atoms. The topological polar surface area (TPSA) is 51.2 Å². The second-order valence-corrected chi connectivity index (χ2v) is 4.41. The van der Waals surface area contributed by atoms with Crippen molar-refractivity contribution in [3.05, 3.63) is 24.3 Å². The largest absolute Gasteiger partial charge is 0.467 e. The minimum Gasteiger partial charge on any atom is -0.467 e. The molecule has 84 valence electrons. The summed E-state index contributed by atoms with van der Waals surface area (Å²) < 4.78 is 5.73. The number of carbonyl (C=O) groups is 1. The fraction of sp³-hybridized carbons (Fsp3) is 0.273. The highest BCUT2D eigenvalue weighted by atomic mass is 32.1. The number of benzene rings is 1. The van der Waals surface area contributed by atoms with E-state index in [9.17, 15) is 4.79 Å². The maximum Gasteiger partial charge on any atom is 0.328 e. The van der Waals surface area contributed by atoms with E-state index in [0.29, 0.717) is 0 Å². The van der Waals surface area contributed by atoms with Crippen molar-refractivity contribution in [1.82, 2.24) is 4.98 Å². The van der Waals surface area contributed by atoms with Crippen molar-refractivity contribution in [3.8, 4) is 0 Å². The molecule has 0 bridgehead atoms. The first-order chi connectivity index (χ1) is 7.70. The SMILES string of the molecule is COC(=O)[C@@H](C)Nc1nc2ccccc2s1. The maximum absolute atomic E-state index is 11.2. The van der Waals surface area contributed by atoms with Gasteiger partial charge in [0, 0.05) is 0 Å². The molecule has 2 aromatic rings. The first-order valence-corrected chi connectivity index (χ1v) is 5.72. The van der Waals surface area contributed by atoms with Gasteiger partial charge in [0.2, 0.25) is 0 Å². The van der Waals surface area contributed by atoms with Crippen LogP contribution in [0.5, 0.6) is 0 Å². The molecule has 1 aromatic carbocycles. The highest BCUT2D eigenvalue weighted by molar-refractivity contribution is 7.22. The highest BCUT2D eigenvalue weighted by Crippen LogP contribution is 2.25. The molecule has 2 rings (SSSR count). The van der Waals surface area contributed by atoms with Gasteiger partial charge in [0.15, 0.2) is 5.13 Å². The molecule has 0 radical (unpaired) electrons. The zero-order valence-electron chi connectivity index (χ0n) is 9.06. The lowest BCUT2D eigenvalue weighted by Gasteiger charge is -2.09. The van der Waals surface area contributed by atoms with Crippen LogP contribution in [-0.4, -0.2) is 24.1 Å². The number of fused-ring (bicyclic) bond motifs is 1. The molecule has 0 unspecified atom stereocenters. The van der Waals surface area contributed by atoms with E-state index in [4.69, 9.17) is 0 Å². The quantitative estimate of drug-likeness (QED) is 0.831. The lowest BCUT2D eigenvalue weighted by Crippen LogP contribution is -2.26. The lowest BCUT2D eigenvalue weighted by atomic mass is 10.3. The first-order valence-electron chi connectivity index (χ1n) is 4.90. The third-order valence-electron chi connectivity index (χ3n) is 2.19. The standard InChI is InChI=1S/C11H12N2O2S/c1-7(10(14)15-2)12-11-13-8-5-3-4-6-9(8)16-11/h3-7H,1-2H3,(H,12,13)/t7-/m1/s1. The van der Waals surface area contributed by atoms with Crippen molar-refractivity contribution in [2.75, 3.05) is 12.4 Å². The third-order valence-corrected chi connectivity index (χ3v) is 3.16. The van der Waals surface area contributed by atoms with Crippen molar-refractivity contribution in [2.24, 2.45) is 0 Å². The zero-order chi connectivity index (χ0) is 11.5. The van der Waals surface area contributed by atoms with Crippen LogP contribution in [0, 0.1) is 0 Å². The minimum atomic E-state index is -0.384. The van der Waals surface area contributed by atoms with Gasteiger partial charge in [-0.2, -0.15) is 0 Å². The number of thiazole rings is 1. The van der Waals surface area contributed by atoms with Crippen molar-refractivity contribution < 1.29 is 9.53 Å². The molecule has 0 fully saturated rings. The lowest BCUT2D eigenvalue weighted by molar-refractivity contribution is -0.141. The van der Waals surface area contributed by atoms with Crippen LogP contribution in [0.1, 0.15) is 6.92 Å². The number of methoxy groups -OCH3 is 1. The van der Waals surface area contributed by atoms with Crippen molar-refractivity contribution >= 4 is 32.7 Å². The van der Waals surface area contributed by atoms with Gasteiger partial charge in [0.05, 0.1) is 17.3 Å². The molecule has 5 heteroatoms. The van der Waals surface area contributed by atoms with Crippen LogP contribution in [0.15, 0.2) is 24.3 Å². The van der Waals surface area contributed by atoms with Gasteiger partial charge >= 0.3 is 5.97 Å². The summed E-state index contributed by atoms with van der Waals surface area (Å²) in [6.45, 7) is 1.75. The number of para-hydroxylation sites is 1. The average molecular weight is 236 g/mol. The maximum atomic E-state index is 11.2. The Hall–Kier alpha value is -1.62. The summed E-state index contributed by atoms with van der Waals surface area (Å²) in [5.74, 6) is -0.292. The highest BCUT2D eigenvalue weighted by Gasteiger charge is 2.14. The second-order valence-electron chi connectivity index (χ2n) is 3.38. The number of carbonyl (C=O) groups excluding carboxylic acids is 1. The van der Waals surface area contributed by atoms with Gasteiger partial charge in [0.1, 0.15) is 6.04 Å². The van der Waals surface area contributed by atoms with Crippen LogP contribution in [0.3, 0.4) is 0 Å². The predicted octanol–water partition coefficient (Wildman–Crippen LogP) is 2.27. The molecule has 0 aliphatic heterocycles. The van der Waals surface area contributed by atoms with E-state index in [1.165, 1.54) is 18.4 Å². The molecule has 0 aliphatic rings. The van der Waals surface area contributed by atoms with Crippen LogP contribution in [0.2, 0.25) is 0 Å². The van der Waals surface area contributed by atoms with E-state index in [2.05, 4.69) is 15.0 Å². The molecule has 1 N–H and O–H groups in total. The molecule has 0 amide bonds. The van der Waals surface area contributed by atoms with E-state index in [0.717, 1.165) is 15.3 Å². The number of rotatable bonds is 3. The summed E-state index contributed by atoms with van der Waals surface area (Å²) in [7, 11) is 1.37. The third kappa shape index (κ3) is 2.14. The van der Waals surface area contributed by atoms with Crippen LogP contribution >= 0.6 is 11.3 Å². The summed E-state index contributed by atoms with van der Waals surface area (Å²) in [6, 6.07) is 7.47. The number of hydrogen-bond acceptors (Lipinski definition) is 5. The van der Waals surface area contributed by atoms with Gasteiger partial charge in [-0.25, -0.2) is 9.78 Å². The van der Waals surface area contributed by atoms with Crippen molar-refractivity contribution in [1.29, 1.82) is 0 Å². The normalized spacial score (nSPS) is 12.4. The van der Waals surface area contributed by atoms with Crippen LogP contribution < -0.4 is 5.32 Å². The van der Waals surface area contributed by atoms with E-state index in [1.807, 2.05) is 24.3 Å². The molecule has 16 heavy (non-hydrogen) atoms. The minimum absolute atomic E-state index is 0.292. The number of aromatic nitrogens is 1. The number of anilines is 1. The Kier molecular flexibility index (Phi) is 3.05. The zero-order valence-corrected chi connectivity index (χ0v) is 9.88. The number of ether oxygens (including phenoxy) is 1. The molecule has 0 saturated heterocycles. The second kappa shape index (κ2) is 4.49. The van der Waals surface area contributed by atoms with Gasteiger partial charge in [0.25, 0.3) is 0 Å². The van der Waals surface area contributed by atoms with E-state index in [1.54, 1.807) is 6.92 Å². The Labute approximate surface area is 97.3 Å². The summed E-state index contributed by atoms with van der Waals surface area (Å²) in [4.78, 5) is 15.6. The van der Waals surface area contributed by atoms with Gasteiger partial charge in [-0.05, 0) is 19.1 Å². The molecular weight excluding hydrogens is 224 g/mol. The van der Waals surface area contributed by atoms with E-state index < -0.39 is 0 Å². The molecular formula is C11H12N2O2S. The summed E-state index contributed by atoms with van der Waals surface area (Å²) in [5, 5.41) is 3.75. The summed E-state index contributed by atoms with van der Waals surface area (Å²) in [5.41, 5.74) is 0.937. The number of hydrogen-bond donors (Lipinski definition) is 1. The monoisotopic (exact) mass is 236 g/mol. The Balaban J connectivity index is 2.18. The van der Waals surface area contributed by atoms with Gasteiger partial charge in [-0.3, -0.25) is 0 Å². The smallest absolute Gasteiger partial charge is 0.328 e. The molecule has 1 atom stereocenters. The van der Waals surface area contributed by atoms with Crippen molar-refractivity contribution in [2.45, 2.75) is 13.0 Å². The van der Waals surface area contributed by atoms with Gasteiger partial charge in [-0.15, -0.1) is 0 Å². The molecule has 0 aliphatic carbocycles. The predicted molar refractivity (Wildman–Crippen MR) is 64.7 cm³/mol. The van der Waals surface area contributed by atoms with Crippen LogP contribution in [0.25, 0.3) is 10.2 Å². The average Bonchev–Trinajstić information content (AvgIpc) is 2.69. The molecule has 1 heterocycles. The Bertz CT molecular complexity index is 476. The number of esters is 1. The van der Waals surface area contributed by atoms with E-state index in [-0.39, 0.29) is 12.0 Å². The molecule has 4 nitrogen and oxygen atoms in total. The number of nitrogens with one attached hydrogen (secondary N) is 1. The Morgan fingerprint density at radius 2 is 2.25 bits per heavy atom. The van der Waals surface area contributed by atoms with Gasteiger partial charge < -0.3 is 10.1 Å². The Morgan fingerprint density at radius 1 is 1.50 bits per heavy atom. The fourth-order valence-electron chi connectivity index (χ4n) is 1.35. The Morgan fingerprint density at radius 3 is 2.94 bits per heavy atom. The van der Waals surface area contributed by atoms with Crippen LogP contribution in [0.4, 0.5) is 5.13 Å². The summed E-state index contributed by atoms with van der Waals surface area (Å²) in [6.07, 6.45) is 0. The van der Waals surface area contributed by atoms with Crippen LogP contribution in [-0.2, 0) is 9.53 Å². The van der Waals surface area contributed by atoms with E-state index >= 15 is 0 Å². The fourth-order valence-corrected chi connectivity index (χ4v) is 2.31. The summed E-state index contributed by atoms with van der Waals surface area (Å²) >= 11 is 1.52. The first kappa shape index (κ1) is 10.9.